The van der Waals surface area contributed by atoms with Crippen LogP contribution in [0.5, 0.6) is 0 Å². The third kappa shape index (κ3) is 2.55. The summed E-state index contributed by atoms with van der Waals surface area (Å²) >= 11 is 0. The first-order chi connectivity index (χ1) is 8.58. The predicted molar refractivity (Wildman–Crippen MR) is 70.4 cm³/mol. The van der Waals surface area contributed by atoms with Crippen molar-refractivity contribution in [3.63, 3.8) is 0 Å². The minimum atomic E-state index is 0.228. The number of aromatic nitrogens is 2. The number of nitrogen functional groups attached to an aromatic ring is 1. The number of nitriles is 1. The maximum absolute atomic E-state index is 8.88. The topological polar surface area (TPSA) is 87.6 Å². The van der Waals surface area contributed by atoms with Crippen LogP contribution in [0.2, 0.25) is 0 Å². The van der Waals surface area contributed by atoms with E-state index in [0.29, 0.717) is 11.4 Å². The molecule has 90 valence electrons. The van der Waals surface area contributed by atoms with Crippen molar-refractivity contribution in [2.45, 2.75) is 13.8 Å². The Kier molecular flexibility index (Phi) is 3.11. The summed E-state index contributed by atoms with van der Waals surface area (Å²) in [5.74, 6) is 0.852. The van der Waals surface area contributed by atoms with Gasteiger partial charge in [0.25, 0.3) is 0 Å². The SMILES string of the molecule is Cc1cc(Nc2cc(C#N)ccc2C)nc(N)n1. The van der Waals surface area contributed by atoms with E-state index >= 15 is 0 Å². The molecule has 5 nitrogen and oxygen atoms in total. The number of anilines is 3. The molecule has 5 heteroatoms. The van der Waals surface area contributed by atoms with Crippen molar-refractivity contribution in [1.29, 1.82) is 5.26 Å². The van der Waals surface area contributed by atoms with Crippen molar-refractivity contribution in [3.05, 3.63) is 41.1 Å². The Labute approximate surface area is 105 Å². The van der Waals surface area contributed by atoms with Gasteiger partial charge in [-0.05, 0) is 31.5 Å². The van der Waals surface area contributed by atoms with Gasteiger partial charge in [-0.25, -0.2) is 4.98 Å². The van der Waals surface area contributed by atoms with Crippen molar-refractivity contribution < 1.29 is 0 Å². The fraction of sp³-hybridized carbons (Fsp3) is 0.154. The van der Waals surface area contributed by atoms with Gasteiger partial charge in [0.05, 0.1) is 11.6 Å². The lowest BCUT2D eigenvalue weighted by molar-refractivity contribution is 1.12. The molecule has 0 spiro atoms. The summed E-state index contributed by atoms with van der Waals surface area (Å²) in [4.78, 5) is 8.10. The van der Waals surface area contributed by atoms with Gasteiger partial charge in [-0.2, -0.15) is 10.2 Å². The third-order valence-corrected chi connectivity index (χ3v) is 2.50. The van der Waals surface area contributed by atoms with Gasteiger partial charge in [0.1, 0.15) is 5.82 Å². The molecule has 0 fully saturated rings. The Morgan fingerprint density at radius 3 is 2.67 bits per heavy atom. The highest BCUT2D eigenvalue weighted by atomic mass is 15.1. The molecule has 1 heterocycles. The fourth-order valence-corrected chi connectivity index (χ4v) is 1.62. The highest BCUT2D eigenvalue weighted by Gasteiger charge is 2.03. The second kappa shape index (κ2) is 4.72. The van der Waals surface area contributed by atoms with Gasteiger partial charge in [0.2, 0.25) is 5.95 Å². The van der Waals surface area contributed by atoms with E-state index in [1.165, 1.54) is 0 Å². The van der Waals surface area contributed by atoms with Crippen LogP contribution in [0, 0.1) is 25.2 Å². The average molecular weight is 239 g/mol. The van der Waals surface area contributed by atoms with Crippen LogP contribution in [0.3, 0.4) is 0 Å². The highest BCUT2D eigenvalue weighted by Crippen LogP contribution is 2.21. The summed E-state index contributed by atoms with van der Waals surface area (Å²) < 4.78 is 0. The van der Waals surface area contributed by atoms with Gasteiger partial charge >= 0.3 is 0 Å². The van der Waals surface area contributed by atoms with Crippen molar-refractivity contribution in [3.8, 4) is 6.07 Å². The first-order valence-corrected chi connectivity index (χ1v) is 5.47. The largest absolute Gasteiger partial charge is 0.368 e. The minimum Gasteiger partial charge on any atom is -0.368 e. The number of nitrogens with zero attached hydrogens (tertiary/aromatic N) is 3. The molecule has 0 aliphatic heterocycles. The number of nitrogens with two attached hydrogens (primary N) is 1. The Morgan fingerprint density at radius 1 is 1.22 bits per heavy atom. The van der Waals surface area contributed by atoms with Crippen LogP contribution in [0.25, 0.3) is 0 Å². The zero-order chi connectivity index (χ0) is 13.1. The standard InChI is InChI=1S/C13H13N5/c1-8-3-4-10(7-14)6-11(8)17-12-5-9(2)16-13(15)18-12/h3-6H,1-2H3,(H3,15,16,17,18). The quantitative estimate of drug-likeness (QED) is 0.839. The molecule has 0 atom stereocenters. The maximum atomic E-state index is 8.88. The molecule has 18 heavy (non-hydrogen) atoms. The fourth-order valence-electron chi connectivity index (χ4n) is 1.62. The van der Waals surface area contributed by atoms with Crippen molar-refractivity contribution >= 4 is 17.5 Å². The van der Waals surface area contributed by atoms with Crippen LogP contribution in [0.1, 0.15) is 16.8 Å². The number of hydrogen-bond acceptors (Lipinski definition) is 5. The number of aryl methyl sites for hydroxylation is 2. The molecule has 3 N–H and O–H groups in total. The van der Waals surface area contributed by atoms with Gasteiger partial charge in [0, 0.05) is 17.4 Å². The number of benzene rings is 1. The maximum Gasteiger partial charge on any atom is 0.222 e. The lowest BCUT2D eigenvalue weighted by Gasteiger charge is -2.10. The van der Waals surface area contributed by atoms with E-state index < -0.39 is 0 Å². The summed E-state index contributed by atoms with van der Waals surface area (Å²) in [7, 11) is 0. The van der Waals surface area contributed by atoms with E-state index in [1.807, 2.05) is 19.9 Å². The smallest absolute Gasteiger partial charge is 0.222 e. The Bertz CT molecular complexity index is 608. The zero-order valence-electron chi connectivity index (χ0n) is 10.2. The summed E-state index contributed by atoms with van der Waals surface area (Å²) in [6.07, 6.45) is 0. The minimum absolute atomic E-state index is 0.228. The van der Waals surface area contributed by atoms with Crippen LogP contribution in [-0.2, 0) is 0 Å². The molecule has 1 aromatic heterocycles. The van der Waals surface area contributed by atoms with E-state index in [2.05, 4.69) is 21.4 Å². The molecular weight excluding hydrogens is 226 g/mol. The molecule has 0 saturated carbocycles. The molecule has 0 amide bonds. The Morgan fingerprint density at radius 2 is 2.00 bits per heavy atom. The first kappa shape index (κ1) is 11.9. The lowest BCUT2D eigenvalue weighted by Crippen LogP contribution is -2.02. The molecule has 0 aliphatic carbocycles. The monoisotopic (exact) mass is 239 g/mol. The van der Waals surface area contributed by atoms with Crippen molar-refractivity contribution in [2.75, 3.05) is 11.1 Å². The molecule has 2 aromatic rings. The van der Waals surface area contributed by atoms with E-state index in [4.69, 9.17) is 11.0 Å². The highest BCUT2D eigenvalue weighted by molar-refractivity contribution is 5.63. The number of nitrogens with one attached hydrogen (secondary N) is 1. The second-order valence-corrected chi connectivity index (χ2v) is 4.02. The molecular formula is C13H13N5. The van der Waals surface area contributed by atoms with E-state index in [0.717, 1.165) is 16.9 Å². The van der Waals surface area contributed by atoms with Gasteiger partial charge in [0.15, 0.2) is 0 Å². The van der Waals surface area contributed by atoms with Crippen LogP contribution in [0.4, 0.5) is 17.5 Å². The van der Waals surface area contributed by atoms with Gasteiger partial charge in [-0.1, -0.05) is 6.07 Å². The summed E-state index contributed by atoms with van der Waals surface area (Å²) in [5, 5.41) is 12.0. The summed E-state index contributed by atoms with van der Waals surface area (Å²) in [5.41, 5.74) is 8.85. The first-order valence-electron chi connectivity index (χ1n) is 5.47. The summed E-state index contributed by atoms with van der Waals surface area (Å²) in [6, 6.07) is 9.35. The van der Waals surface area contributed by atoms with Crippen LogP contribution < -0.4 is 11.1 Å². The average Bonchev–Trinajstić information content (AvgIpc) is 2.30. The molecule has 0 saturated heterocycles. The van der Waals surface area contributed by atoms with Gasteiger partial charge in [-0.15, -0.1) is 0 Å². The van der Waals surface area contributed by atoms with E-state index in [1.54, 1.807) is 18.2 Å². The van der Waals surface area contributed by atoms with Crippen molar-refractivity contribution in [1.82, 2.24) is 9.97 Å². The van der Waals surface area contributed by atoms with Gasteiger partial charge in [-0.3, -0.25) is 0 Å². The van der Waals surface area contributed by atoms with Crippen LogP contribution >= 0.6 is 0 Å². The second-order valence-electron chi connectivity index (χ2n) is 4.02. The zero-order valence-corrected chi connectivity index (χ0v) is 10.2. The summed E-state index contributed by atoms with van der Waals surface area (Å²) in [6.45, 7) is 3.81. The third-order valence-electron chi connectivity index (χ3n) is 2.50. The normalized spacial score (nSPS) is 9.83. The molecule has 0 unspecified atom stereocenters. The molecule has 2 rings (SSSR count). The molecule has 0 radical (unpaired) electrons. The Balaban J connectivity index is 2.36. The van der Waals surface area contributed by atoms with E-state index in [-0.39, 0.29) is 5.95 Å². The molecule has 0 bridgehead atoms. The van der Waals surface area contributed by atoms with Gasteiger partial charge < -0.3 is 11.1 Å². The van der Waals surface area contributed by atoms with Crippen LogP contribution in [-0.4, -0.2) is 9.97 Å². The van der Waals surface area contributed by atoms with E-state index in [9.17, 15) is 0 Å². The molecule has 0 aliphatic rings. The predicted octanol–water partition coefficient (Wildman–Crippen LogP) is 2.29. The van der Waals surface area contributed by atoms with Crippen LogP contribution in [0.15, 0.2) is 24.3 Å². The lowest BCUT2D eigenvalue weighted by atomic mass is 10.1. The molecule has 1 aromatic carbocycles. The Hall–Kier alpha value is -2.61. The van der Waals surface area contributed by atoms with Crippen molar-refractivity contribution in [2.24, 2.45) is 0 Å². The number of hydrogen-bond donors (Lipinski definition) is 2. The number of rotatable bonds is 2.